The molecule has 0 amide bonds. The molecule has 7 nitrogen and oxygen atoms in total. The normalized spacial score (nSPS) is 20.3. The van der Waals surface area contributed by atoms with E-state index in [4.69, 9.17) is 18.3 Å². The molecular formula is C24H31O7P. The Morgan fingerprint density at radius 3 is 1.91 bits per heavy atom. The lowest BCUT2D eigenvalue weighted by Crippen LogP contribution is -2.51. The lowest BCUT2D eigenvalue weighted by atomic mass is 9.81. The van der Waals surface area contributed by atoms with Crippen LogP contribution in [0.15, 0.2) is 60.7 Å². The van der Waals surface area contributed by atoms with Crippen molar-refractivity contribution in [1.29, 1.82) is 0 Å². The summed E-state index contributed by atoms with van der Waals surface area (Å²) >= 11 is 0. The zero-order valence-corrected chi connectivity index (χ0v) is 19.8. The Labute approximate surface area is 189 Å². The molecule has 3 rings (SSSR count). The van der Waals surface area contributed by atoms with Gasteiger partial charge in [-0.2, -0.15) is 0 Å². The number of phosphoric ester groups is 1. The van der Waals surface area contributed by atoms with Crippen LogP contribution in [0.4, 0.5) is 0 Å². The number of hydrogen-bond acceptors (Lipinski definition) is 6. The smallest absolute Gasteiger partial charge is 0.475 e. The predicted molar refractivity (Wildman–Crippen MR) is 121 cm³/mol. The summed E-state index contributed by atoms with van der Waals surface area (Å²) in [4.78, 5) is 12.3. The zero-order valence-electron chi connectivity index (χ0n) is 18.9. The molecule has 0 radical (unpaired) electrons. The Morgan fingerprint density at radius 1 is 1.06 bits per heavy atom. The van der Waals surface area contributed by atoms with Gasteiger partial charge in [-0.05, 0) is 38.3 Å². The zero-order chi connectivity index (χ0) is 23.4. The fourth-order valence-corrected chi connectivity index (χ4v) is 5.85. The van der Waals surface area contributed by atoms with Crippen LogP contribution in [-0.2, 0) is 33.1 Å². The van der Waals surface area contributed by atoms with Crippen LogP contribution < -0.4 is 0 Å². The molecule has 0 aliphatic heterocycles. The first-order valence-corrected chi connectivity index (χ1v) is 12.2. The van der Waals surface area contributed by atoms with Gasteiger partial charge in [0.15, 0.2) is 5.60 Å². The van der Waals surface area contributed by atoms with Crippen LogP contribution >= 0.6 is 7.82 Å². The van der Waals surface area contributed by atoms with E-state index in [0.717, 1.165) is 11.1 Å². The maximum absolute atomic E-state index is 13.3. The van der Waals surface area contributed by atoms with Crippen LogP contribution in [-0.4, -0.2) is 43.1 Å². The van der Waals surface area contributed by atoms with Gasteiger partial charge in [0.1, 0.15) is 6.10 Å². The number of carboxylic acid groups (broad SMARTS) is 1. The Bertz CT molecular complexity index is 900. The molecule has 1 N–H and O–H groups in total. The molecule has 0 bridgehead atoms. The number of rotatable bonds is 12. The largest absolute Gasteiger partial charge is 0.479 e. The summed E-state index contributed by atoms with van der Waals surface area (Å²) in [7, 11) is -2.71. The minimum atomic E-state index is -4.02. The molecule has 32 heavy (non-hydrogen) atoms. The molecule has 2 aromatic carbocycles. The number of carbonyl (C=O) groups is 1. The topological polar surface area (TPSA) is 91.3 Å². The van der Waals surface area contributed by atoms with Crippen molar-refractivity contribution >= 4 is 13.8 Å². The van der Waals surface area contributed by atoms with Gasteiger partial charge in [0.05, 0.1) is 13.2 Å². The number of benzene rings is 2. The third-order valence-corrected chi connectivity index (χ3v) is 7.80. The van der Waals surface area contributed by atoms with E-state index in [1.807, 2.05) is 60.7 Å². The Hall–Kier alpha value is -2.02. The van der Waals surface area contributed by atoms with Gasteiger partial charge in [-0.15, -0.1) is 0 Å². The van der Waals surface area contributed by atoms with Gasteiger partial charge in [0.2, 0.25) is 0 Å². The first-order chi connectivity index (χ1) is 15.3. The molecule has 8 heteroatoms. The van der Waals surface area contributed by atoms with Gasteiger partial charge in [-0.3, -0.25) is 13.6 Å². The van der Waals surface area contributed by atoms with Crippen LogP contribution in [0.3, 0.4) is 0 Å². The minimum Gasteiger partial charge on any atom is -0.479 e. The molecule has 3 atom stereocenters. The molecule has 0 aromatic heterocycles. The highest BCUT2D eigenvalue weighted by atomic mass is 31.2. The van der Waals surface area contributed by atoms with E-state index < -0.39 is 30.9 Å². The summed E-state index contributed by atoms with van der Waals surface area (Å²) < 4.78 is 35.4. The lowest BCUT2D eigenvalue weighted by Gasteiger charge is -2.36. The first-order valence-electron chi connectivity index (χ1n) is 10.7. The number of ether oxygens (including phenoxy) is 1. The number of phosphoric acid groups is 1. The molecule has 174 valence electrons. The van der Waals surface area contributed by atoms with E-state index in [1.165, 1.54) is 14.0 Å². The summed E-state index contributed by atoms with van der Waals surface area (Å²) in [5, 5.41) is 10.1. The summed E-state index contributed by atoms with van der Waals surface area (Å²) in [5.41, 5.74) is -0.251. The lowest BCUT2D eigenvalue weighted by molar-refractivity contribution is -0.175. The van der Waals surface area contributed by atoms with Crippen molar-refractivity contribution in [2.75, 3.05) is 20.3 Å². The monoisotopic (exact) mass is 462 g/mol. The standard InChI is InChI=1S/C24H31O7P/c1-5-29-32(27,30-6-2)31-21(23(3,28-4)22(25)26)20-17-24(20,18-13-9-7-10-14-18)19-15-11-8-12-16-19/h7-16,20-21H,5-6,17H2,1-4H3,(H,25,26). The Kier molecular flexibility index (Phi) is 7.58. The summed E-state index contributed by atoms with van der Waals surface area (Å²) in [5.74, 6) is -1.56. The van der Waals surface area contributed by atoms with Gasteiger partial charge < -0.3 is 9.84 Å². The third kappa shape index (κ3) is 4.54. The quantitative estimate of drug-likeness (QED) is 0.442. The summed E-state index contributed by atoms with van der Waals surface area (Å²) in [6.45, 7) is 4.96. The maximum atomic E-state index is 13.3. The fourth-order valence-electron chi connectivity index (χ4n) is 4.39. The molecule has 0 saturated heterocycles. The van der Waals surface area contributed by atoms with Crippen molar-refractivity contribution in [3.8, 4) is 0 Å². The second-order valence-corrected chi connectivity index (χ2v) is 9.56. The van der Waals surface area contributed by atoms with Crippen LogP contribution in [0.1, 0.15) is 38.3 Å². The highest BCUT2D eigenvalue weighted by Gasteiger charge is 2.66. The molecule has 2 aromatic rings. The van der Waals surface area contributed by atoms with Crippen molar-refractivity contribution in [3.05, 3.63) is 71.8 Å². The van der Waals surface area contributed by atoms with E-state index in [0.29, 0.717) is 6.42 Å². The second kappa shape index (κ2) is 9.86. The van der Waals surface area contributed by atoms with Crippen molar-refractivity contribution in [2.45, 2.75) is 44.3 Å². The average Bonchev–Trinajstić information content (AvgIpc) is 3.55. The van der Waals surface area contributed by atoms with Crippen molar-refractivity contribution in [2.24, 2.45) is 5.92 Å². The van der Waals surface area contributed by atoms with Gasteiger partial charge in [0, 0.05) is 18.4 Å². The SMILES string of the molecule is CCOP(=O)(OCC)OC(C1CC1(c1ccccc1)c1ccccc1)C(C)(OC)C(=O)O. The number of carboxylic acids is 1. The molecule has 0 spiro atoms. The summed E-state index contributed by atoms with van der Waals surface area (Å²) in [6.07, 6.45) is -0.509. The van der Waals surface area contributed by atoms with Crippen LogP contribution in [0, 0.1) is 5.92 Å². The van der Waals surface area contributed by atoms with Crippen molar-refractivity contribution in [3.63, 3.8) is 0 Å². The highest BCUT2D eigenvalue weighted by molar-refractivity contribution is 7.48. The fraction of sp³-hybridized carbons (Fsp3) is 0.458. The van der Waals surface area contributed by atoms with Crippen LogP contribution in [0.2, 0.25) is 0 Å². The number of aliphatic carboxylic acids is 1. The minimum absolute atomic E-state index is 0.0912. The number of methoxy groups -OCH3 is 1. The first kappa shape index (κ1) is 24.6. The second-order valence-electron chi connectivity index (χ2n) is 7.94. The molecular weight excluding hydrogens is 431 g/mol. The van der Waals surface area contributed by atoms with Crippen LogP contribution in [0.25, 0.3) is 0 Å². The van der Waals surface area contributed by atoms with Gasteiger partial charge in [0.25, 0.3) is 0 Å². The Morgan fingerprint density at radius 2 is 1.53 bits per heavy atom. The molecule has 1 aliphatic rings. The van der Waals surface area contributed by atoms with E-state index >= 15 is 0 Å². The predicted octanol–water partition coefficient (Wildman–Crippen LogP) is 5.05. The molecule has 1 aliphatic carbocycles. The summed E-state index contributed by atoms with van der Waals surface area (Å²) in [6, 6.07) is 19.7. The maximum Gasteiger partial charge on any atom is 0.475 e. The molecule has 1 fully saturated rings. The van der Waals surface area contributed by atoms with E-state index in [9.17, 15) is 14.5 Å². The van der Waals surface area contributed by atoms with E-state index in [2.05, 4.69) is 0 Å². The van der Waals surface area contributed by atoms with E-state index in [1.54, 1.807) is 13.8 Å². The molecule has 3 unspecified atom stereocenters. The van der Waals surface area contributed by atoms with Crippen molar-refractivity contribution in [1.82, 2.24) is 0 Å². The highest BCUT2D eigenvalue weighted by Crippen LogP contribution is 2.65. The van der Waals surface area contributed by atoms with Crippen molar-refractivity contribution < 1.29 is 32.8 Å². The van der Waals surface area contributed by atoms with Gasteiger partial charge >= 0.3 is 13.8 Å². The van der Waals surface area contributed by atoms with Gasteiger partial charge in [-0.25, -0.2) is 9.36 Å². The van der Waals surface area contributed by atoms with Crippen LogP contribution in [0.5, 0.6) is 0 Å². The average molecular weight is 462 g/mol. The van der Waals surface area contributed by atoms with E-state index in [-0.39, 0.29) is 19.1 Å². The molecule has 0 heterocycles. The Balaban J connectivity index is 2.12. The number of hydrogen-bond donors (Lipinski definition) is 1. The van der Waals surface area contributed by atoms with Gasteiger partial charge in [-0.1, -0.05) is 60.7 Å². The third-order valence-electron chi connectivity index (χ3n) is 6.17. The molecule has 1 saturated carbocycles.